The molecule has 0 N–H and O–H groups in total. The zero-order valence-electron chi connectivity index (χ0n) is 16.1. The molecular weight excluding hydrogens is 352 g/mol. The number of benzene rings is 2. The Morgan fingerprint density at radius 3 is 2.71 bits per heavy atom. The molecule has 4 rings (SSSR count). The molecular formula is C23H22N2O3. The van der Waals surface area contributed by atoms with E-state index in [1.165, 1.54) is 5.56 Å². The van der Waals surface area contributed by atoms with Gasteiger partial charge in [0.2, 0.25) is 0 Å². The molecule has 0 aliphatic carbocycles. The Balaban J connectivity index is 1.50. The minimum absolute atomic E-state index is 0.0584. The van der Waals surface area contributed by atoms with Gasteiger partial charge in [-0.1, -0.05) is 12.1 Å². The highest BCUT2D eigenvalue weighted by Gasteiger charge is 2.28. The number of piperidine rings is 1. The smallest absolute Gasteiger partial charge is 0.289 e. The molecule has 3 aromatic rings. The number of furan rings is 1. The molecule has 2 aromatic carbocycles. The summed E-state index contributed by atoms with van der Waals surface area (Å²) in [6.45, 7) is 3.28. The SMILES string of the molecule is COc1ccc2c(C)c(C(=O)N3CCC(c4cccc(C#N)c4)CC3)oc2c1. The second-order valence-electron chi connectivity index (χ2n) is 7.22. The van der Waals surface area contributed by atoms with Crippen LogP contribution in [0.2, 0.25) is 0 Å². The van der Waals surface area contributed by atoms with Crippen LogP contribution < -0.4 is 4.74 Å². The van der Waals surface area contributed by atoms with Crippen molar-refractivity contribution in [2.75, 3.05) is 20.2 Å². The van der Waals surface area contributed by atoms with Crippen LogP contribution in [0.1, 0.15) is 46.0 Å². The van der Waals surface area contributed by atoms with Crippen molar-refractivity contribution in [3.8, 4) is 11.8 Å². The van der Waals surface area contributed by atoms with Gasteiger partial charge in [0.05, 0.1) is 18.7 Å². The number of carbonyl (C=O) groups excluding carboxylic acids is 1. The topological polar surface area (TPSA) is 66.5 Å². The van der Waals surface area contributed by atoms with Crippen molar-refractivity contribution < 1.29 is 13.9 Å². The Hall–Kier alpha value is -3.26. The predicted octanol–water partition coefficient (Wildman–Crippen LogP) is 4.64. The van der Waals surface area contributed by atoms with Gasteiger partial charge in [0.25, 0.3) is 5.91 Å². The van der Waals surface area contributed by atoms with Crippen LogP contribution in [-0.2, 0) is 0 Å². The molecule has 0 atom stereocenters. The predicted molar refractivity (Wildman–Crippen MR) is 107 cm³/mol. The maximum Gasteiger partial charge on any atom is 0.289 e. The van der Waals surface area contributed by atoms with E-state index in [1.807, 2.05) is 48.2 Å². The van der Waals surface area contributed by atoms with Crippen molar-refractivity contribution in [1.82, 2.24) is 4.90 Å². The third kappa shape index (κ3) is 3.22. The first kappa shape index (κ1) is 18.1. The first-order chi connectivity index (χ1) is 13.6. The first-order valence-electron chi connectivity index (χ1n) is 9.47. The van der Waals surface area contributed by atoms with Crippen molar-refractivity contribution in [3.63, 3.8) is 0 Å². The van der Waals surface area contributed by atoms with Crippen LogP contribution in [0.4, 0.5) is 0 Å². The Labute approximate surface area is 164 Å². The average Bonchev–Trinajstić information content (AvgIpc) is 3.09. The van der Waals surface area contributed by atoms with Crippen molar-refractivity contribution in [3.05, 3.63) is 64.9 Å². The number of nitriles is 1. The molecule has 0 bridgehead atoms. The number of methoxy groups -OCH3 is 1. The van der Waals surface area contributed by atoms with E-state index in [-0.39, 0.29) is 5.91 Å². The highest BCUT2D eigenvalue weighted by molar-refractivity contribution is 5.99. The van der Waals surface area contributed by atoms with Crippen LogP contribution in [0.15, 0.2) is 46.9 Å². The minimum atomic E-state index is -0.0584. The molecule has 1 amide bonds. The largest absolute Gasteiger partial charge is 0.497 e. The summed E-state index contributed by atoms with van der Waals surface area (Å²) in [5.74, 6) is 1.43. The maximum atomic E-state index is 13.0. The van der Waals surface area contributed by atoms with E-state index in [9.17, 15) is 4.79 Å². The van der Waals surface area contributed by atoms with Crippen LogP contribution in [-0.4, -0.2) is 31.0 Å². The van der Waals surface area contributed by atoms with Crippen LogP contribution in [0, 0.1) is 18.3 Å². The molecule has 0 radical (unpaired) electrons. The second-order valence-corrected chi connectivity index (χ2v) is 7.22. The number of ether oxygens (including phenoxy) is 1. The number of nitrogens with zero attached hydrogens (tertiary/aromatic N) is 2. The van der Waals surface area contributed by atoms with E-state index in [2.05, 4.69) is 12.1 Å². The minimum Gasteiger partial charge on any atom is -0.497 e. The third-order valence-corrected chi connectivity index (χ3v) is 5.61. The standard InChI is InChI=1S/C23H22N2O3/c1-15-20-7-6-19(27-2)13-21(20)28-22(15)23(26)25-10-8-17(9-11-25)18-5-3-4-16(12-18)14-24/h3-7,12-13,17H,8-11H2,1-2H3. The maximum absolute atomic E-state index is 13.0. The lowest BCUT2D eigenvalue weighted by Gasteiger charge is -2.32. The summed E-state index contributed by atoms with van der Waals surface area (Å²) in [5, 5.41) is 10.0. The van der Waals surface area contributed by atoms with E-state index in [4.69, 9.17) is 14.4 Å². The Morgan fingerprint density at radius 2 is 2.00 bits per heavy atom. The van der Waals surface area contributed by atoms with Gasteiger partial charge in [0.15, 0.2) is 5.76 Å². The van der Waals surface area contributed by atoms with Gasteiger partial charge in [-0.3, -0.25) is 4.79 Å². The van der Waals surface area contributed by atoms with Crippen LogP contribution >= 0.6 is 0 Å². The van der Waals surface area contributed by atoms with Gasteiger partial charge < -0.3 is 14.1 Å². The quantitative estimate of drug-likeness (QED) is 0.670. The normalized spacial score (nSPS) is 14.8. The fourth-order valence-corrected chi connectivity index (χ4v) is 3.96. The van der Waals surface area contributed by atoms with Gasteiger partial charge in [-0.05, 0) is 55.5 Å². The Bertz CT molecular complexity index is 1070. The monoisotopic (exact) mass is 374 g/mol. The molecule has 2 heterocycles. The Morgan fingerprint density at radius 1 is 1.21 bits per heavy atom. The highest BCUT2D eigenvalue weighted by atomic mass is 16.5. The molecule has 28 heavy (non-hydrogen) atoms. The lowest BCUT2D eigenvalue weighted by atomic mass is 9.88. The lowest BCUT2D eigenvalue weighted by Crippen LogP contribution is -2.38. The molecule has 0 unspecified atom stereocenters. The molecule has 142 valence electrons. The van der Waals surface area contributed by atoms with Crippen LogP contribution in [0.25, 0.3) is 11.0 Å². The molecule has 1 aromatic heterocycles. The number of amides is 1. The summed E-state index contributed by atoms with van der Waals surface area (Å²) in [5.41, 5.74) is 3.40. The summed E-state index contributed by atoms with van der Waals surface area (Å²) in [6, 6.07) is 15.6. The summed E-state index contributed by atoms with van der Waals surface area (Å²) in [4.78, 5) is 14.9. The Kier molecular flexibility index (Phi) is 4.79. The summed E-state index contributed by atoms with van der Waals surface area (Å²) >= 11 is 0. The second kappa shape index (κ2) is 7.40. The number of carbonyl (C=O) groups is 1. The molecule has 1 aliphatic rings. The zero-order valence-corrected chi connectivity index (χ0v) is 16.1. The summed E-state index contributed by atoms with van der Waals surface area (Å²) < 4.78 is 11.1. The van der Waals surface area contributed by atoms with E-state index >= 15 is 0 Å². The van der Waals surface area contributed by atoms with Crippen molar-refractivity contribution in [1.29, 1.82) is 5.26 Å². The van der Waals surface area contributed by atoms with Gasteiger partial charge >= 0.3 is 0 Å². The van der Waals surface area contributed by atoms with E-state index in [0.717, 1.165) is 23.8 Å². The fraction of sp³-hybridized carbons (Fsp3) is 0.304. The molecule has 0 spiro atoms. The zero-order chi connectivity index (χ0) is 19.7. The summed E-state index contributed by atoms with van der Waals surface area (Å²) in [6.07, 6.45) is 1.77. The molecule has 1 aliphatic heterocycles. The number of fused-ring (bicyclic) bond motifs is 1. The van der Waals surface area contributed by atoms with Gasteiger partial charge in [-0.25, -0.2) is 0 Å². The molecule has 0 saturated carbocycles. The van der Waals surface area contributed by atoms with Gasteiger partial charge in [0.1, 0.15) is 11.3 Å². The fourth-order valence-electron chi connectivity index (χ4n) is 3.96. The summed E-state index contributed by atoms with van der Waals surface area (Å²) in [7, 11) is 1.61. The number of hydrogen-bond acceptors (Lipinski definition) is 4. The number of aryl methyl sites for hydroxylation is 1. The van der Waals surface area contributed by atoms with E-state index < -0.39 is 0 Å². The van der Waals surface area contributed by atoms with Gasteiger partial charge in [-0.2, -0.15) is 5.26 Å². The molecule has 1 saturated heterocycles. The highest BCUT2D eigenvalue weighted by Crippen LogP contribution is 2.32. The van der Waals surface area contributed by atoms with E-state index in [1.54, 1.807) is 7.11 Å². The lowest BCUT2D eigenvalue weighted by molar-refractivity contribution is 0.0682. The number of hydrogen-bond donors (Lipinski definition) is 0. The third-order valence-electron chi connectivity index (χ3n) is 5.61. The van der Waals surface area contributed by atoms with Crippen molar-refractivity contribution in [2.45, 2.75) is 25.7 Å². The van der Waals surface area contributed by atoms with Crippen LogP contribution in [0.3, 0.4) is 0 Å². The molecule has 5 heteroatoms. The van der Waals surface area contributed by atoms with E-state index in [0.29, 0.717) is 41.7 Å². The van der Waals surface area contributed by atoms with Gasteiger partial charge in [-0.15, -0.1) is 0 Å². The van der Waals surface area contributed by atoms with Crippen molar-refractivity contribution >= 4 is 16.9 Å². The van der Waals surface area contributed by atoms with Crippen LogP contribution in [0.5, 0.6) is 5.75 Å². The number of rotatable bonds is 3. The first-order valence-corrected chi connectivity index (χ1v) is 9.47. The molecule has 1 fully saturated rings. The van der Waals surface area contributed by atoms with Crippen molar-refractivity contribution in [2.24, 2.45) is 0 Å². The average molecular weight is 374 g/mol. The number of likely N-dealkylation sites (tertiary alicyclic amines) is 1. The molecule has 5 nitrogen and oxygen atoms in total. The van der Waals surface area contributed by atoms with Gasteiger partial charge in [0, 0.05) is 30.1 Å².